The van der Waals surface area contributed by atoms with Crippen LogP contribution < -0.4 is 5.32 Å². The second kappa shape index (κ2) is 4.90. The number of carbonyl (C=O) groups is 2. The summed E-state index contributed by atoms with van der Waals surface area (Å²) in [7, 11) is 0. The fourth-order valence-corrected chi connectivity index (χ4v) is 2.82. The van der Waals surface area contributed by atoms with E-state index in [0.717, 1.165) is 51.6 Å². The first-order valence-corrected chi connectivity index (χ1v) is 7.33. The van der Waals surface area contributed by atoms with Crippen LogP contribution >= 0.6 is 0 Å². The first-order valence-electron chi connectivity index (χ1n) is 7.33. The summed E-state index contributed by atoms with van der Waals surface area (Å²) in [6, 6.07) is 0.295. The minimum Gasteiger partial charge on any atom is -0.353 e. The molecule has 0 unspecified atom stereocenters. The maximum atomic E-state index is 12.1. The molecule has 0 radical (unpaired) electrons. The summed E-state index contributed by atoms with van der Waals surface area (Å²) in [6.07, 6.45) is 7.35. The van der Waals surface area contributed by atoms with E-state index in [4.69, 9.17) is 0 Å². The third-order valence-electron chi connectivity index (χ3n) is 4.56. The highest BCUT2D eigenvalue weighted by molar-refractivity contribution is 5.81. The Hall–Kier alpha value is -1.06. The van der Waals surface area contributed by atoms with Crippen molar-refractivity contribution < 1.29 is 9.59 Å². The molecule has 0 bridgehead atoms. The fraction of sp³-hybridized carbons (Fsp3) is 0.857. The molecule has 1 saturated heterocycles. The highest BCUT2D eigenvalue weighted by Gasteiger charge is 2.34. The zero-order chi connectivity index (χ0) is 12.5. The Kier molecular flexibility index (Phi) is 3.27. The SMILES string of the molecule is O=C(NC1CCN(C(=O)C2CCC2)CC1)C1CC1. The summed E-state index contributed by atoms with van der Waals surface area (Å²) in [4.78, 5) is 25.7. The van der Waals surface area contributed by atoms with E-state index in [-0.39, 0.29) is 5.91 Å². The number of amides is 2. The summed E-state index contributed by atoms with van der Waals surface area (Å²) in [5.41, 5.74) is 0. The van der Waals surface area contributed by atoms with Gasteiger partial charge in [0.15, 0.2) is 0 Å². The maximum absolute atomic E-state index is 12.1. The fourth-order valence-electron chi connectivity index (χ4n) is 2.82. The number of nitrogens with zero attached hydrogens (tertiary/aromatic N) is 1. The van der Waals surface area contributed by atoms with Crippen molar-refractivity contribution >= 4 is 11.8 Å². The van der Waals surface area contributed by atoms with Crippen molar-refractivity contribution in [1.29, 1.82) is 0 Å². The molecule has 0 aromatic heterocycles. The molecule has 0 spiro atoms. The largest absolute Gasteiger partial charge is 0.353 e. The highest BCUT2D eigenvalue weighted by Crippen LogP contribution is 2.30. The molecule has 2 aliphatic carbocycles. The Bertz CT molecular complexity index is 340. The van der Waals surface area contributed by atoms with Gasteiger partial charge in [-0.25, -0.2) is 0 Å². The van der Waals surface area contributed by atoms with Gasteiger partial charge in [0, 0.05) is 31.0 Å². The minimum atomic E-state index is 0.235. The highest BCUT2D eigenvalue weighted by atomic mass is 16.2. The molecule has 3 rings (SSSR count). The number of hydrogen-bond acceptors (Lipinski definition) is 2. The molecular formula is C14H22N2O2. The molecule has 4 heteroatoms. The molecule has 18 heavy (non-hydrogen) atoms. The van der Waals surface area contributed by atoms with E-state index in [1.807, 2.05) is 4.90 Å². The lowest BCUT2D eigenvalue weighted by Gasteiger charge is -2.36. The maximum Gasteiger partial charge on any atom is 0.225 e. The number of likely N-dealkylation sites (tertiary alicyclic amines) is 1. The quantitative estimate of drug-likeness (QED) is 0.821. The summed E-state index contributed by atoms with van der Waals surface area (Å²) in [5.74, 6) is 1.19. The van der Waals surface area contributed by atoms with Gasteiger partial charge in [0.05, 0.1) is 0 Å². The van der Waals surface area contributed by atoms with Crippen LogP contribution in [-0.4, -0.2) is 35.8 Å². The Morgan fingerprint density at radius 2 is 1.56 bits per heavy atom. The van der Waals surface area contributed by atoms with Gasteiger partial charge in [0.1, 0.15) is 0 Å². The second-order valence-corrected chi connectivity index (χ2v) is 6.01. The smallest absolute Gasteiger partial charge is 0.225 e. The number of carbonyl (C=O) groups excluding carboxylic acids is 2. The predicted octanol–water partition coefficient (Wildman–Crippen LogP) is 1.30. The summed E-state index contributed by atoms with van der Waals surface area (Å²) >= 11 is 0. The standard InChI is InChI=1S/C14H22N2O2/c17-13(10-4-5-10)15-12-6-8-16(9-7-12)14(18)11-2-1-3-11/h10-12H,1-9H2,(H,15,17). The molecule has 2 saturated carbocycles. The van der Waals surface area contributed by atoms with Crippen molar-refractivity contribution in [3.63, 3.8) is 0 Å². The second-order valence-electron chi connectivity index (χ2n) is 6.01. The Morgan fingerprint density at radius 1 is 0.889 bits per heavy atom. The third-order valence-corrected chi connectivity index (χ3v) is 4.56. The van der Waals surface area contributed by atoms with Crippen LogP contribution in [0, 0.1) is 11.8 Å². The molecular weight excluding hydrogens is 228 g/mol. The number of nitrogens with one attached hydrogen (secondary N) is 1. The normalized spacial score (nSPS) is 25.7. The van der Waals surface area contributed by atoms with E-state index >= 15 is 0 Å². The lowest BCUT2D eigenvalue weighted by atomic mass is 9.84. The van der Waals surface area contributed by atoms with E-state index in [0.29, 0.717) is 23.8 Å². The van der Waals surface area contributed by atoms with Crippen LogP contribution in [0.2, 0.25) is 0 Å². The molecule has 1 heterocycles. The van der Waals surface area contributed by atoms with Gasteiger partial charge in [0.2, 0.25) is 11.8 Å². The molecule has 0 aromatic rings. The first-order chi connectivity index (χ1) is 8.74. The molecule has 100 valence electrons. The van der Waals surface area contributed by atoms with Crippen molar-refractivity contribution in [3.8, 4) is 0 Å². The molecule has 1 N–H and O–H groups in total. The lowest BCUT2D eigenvalue weighted by Crippen LogP contribution is -2.49. The van der Waals surface area contributed by atoms with Gasteiger partial charge in [-0.15, -0.1) is 0 Å². The van der Waals surface area contributed by atoms with Crippen LogP contribution in [0.25, 0.3) is 0 Å². The van der Waals surface area contributed by atoms with Crippen molar-refractivity contribution in [3.05, 3.63) is 0 Å². The predicted molar refractivity (Wildman–Crippen MR) is 67.8 cm³/mol. The van der Waals surface area contributed by atoms with Crippen molar-refractivity contribution in [2.75, 3.05) is 13.1 Å². The van der Waals surface area contributed by atoms with Gasteiger partial charge >= 0.3 is 0 Å². The van der Waals surface area contributed by atoms with Crippen LogP contribution in [0.3, 0.4) is 0 Å². The van der Waals surface area contributed by atoms with Crippen LogP contribution in [0.1, 0.15) is 44.9 Å². The summed E-state index contributed by atoms with van der Waals surface area (Å²) < 4.78 is 0. The number of rotatable bonds is 3. The first kappa shape index (κ1) is 12.0. The van der Waals surface area contributed by atoms with Crippen LogP contribution in [-0.2, 0) is 9.59 Å². The van der Waals surface area contributed by atoms with Crippen molar-refractivity contribution in [2.45, 2.75) is 51.0 Å². The van der Waals surface area contributed by atoms with Gasteiger partial charge in [-0.3, -0.25) is 9.59 Å². The van der Waals surface area contributed by atoms with Crippen molar-refractivity contribution in [1.82, 2.24) is 10.2 Å². The van der Waals surface area contributed by atoms with E-state index in [2.05, 4.69) is 5.32 Å². The van der Waals surface area contributed by atoms with E-state index in [1.165, 1.54) is 6.42 Å². The minimum absolute atomic E-state index is 0.235. The van der Waals surface area contributed by atoms with Gasteiger partial charge in [-0.2, -0.15) is 0 Å². The zero-order valence-electron chi connectivity index (χ0n) is 10.9. The van der Waals surface area contributed by atoms with E-state index in [1.54, 1.807) is 0 Å². The van der Waals surface area contributed by atoms with Gasteiger partial charge in [0.25, 0.3) is 0 Å². The molecule has 3 aliphatic rings. The Labute approximate surface area is 108 Å². The van der Waals surface area contributed by atoms with Crippen LogP contribution in [0.5, 0.6) is 0 Å². The molecule has 0 aromatic carbocycles. The van der Waals surface area contributed by atoms with Crippen molar-refractivity contribution in [2.24, 2.45) is 11.8 Å². The molecule has 0 atom stereocenters. The molecule has 4 nitrogen and oxygen atoms in total. The number of hydrogen-bond donors (Lipinski definition) is 1. The topological polar surface area (TPSA) is 49.4 Å². The number of piperidine rings is 1. The van der Waals surface area contributed by atoms with Crippen LogP contribution in [0.15, 0.2) is 0 Å². The van der Waals surface area contributed by atoms with E-state index < -0.39 is 0 Å². The van der Waals surface area contributed by atoms with Gasteiger partial charge in [-0.1, -0.05) is 6.42 Å². The molecule has 3 fully saturated rings. The lowest BCUT2D eigenvalue weighted by molar-refractivity contribution is -0.139. The average molecular weight is 250 g/mol. The van der Waals surface area contributed by atoms with Gasteiger partial charge in [-0.05, 0) is 38.5 Å². The van der Waals surface area contributed by atoms with E-state index in [9.17, 15) is 9.59 Å². The molecule has 2 amide bonds. The average Bonchev–Trinajstić information content (AvgIpc) is 3.11. The third kappa shape index (κ3) is 2.52. The Balaban J connectivity index is 1.42. The van der Waals surface area contributed by atoms with Crippen LogP contribution in [0.4, 0.5) is 0 Å². The zero-order valence-corrected chi connectivity index (χ0v) is 10.9. The Morgan fingerprint density at radius 3 is 2.06 bits per heavy atom. The summed E-state index contributed by atoms with van der Waals surface area (Å²) in [6.45, 7) is 1.65. The summed E-state index contributed by atoms with van der Waals surface area (Å²) in [5, 5.41) is 3.12. The molecule has 1 aliphatic heterocycles. The monoisotopic (exact) mass is 250 g/mol. The van der Waals surface area contributed by atoms with Gasteiger partial charge < -0.3 is 10.2 Å².